The fraction of sp³-hybridized carbons (Fsp3) is 0.455. The molecular formula is C22H27F3N2O4S. The average molecular weight is 473 g/mol. The van der Waals surface area contributed by atoms with Crippen LogP contribution in [0.1, 0.15) is 42.3 Å². The lowest BCUT2D eigenvalue weighted by molar-refractivity contribution is -0.154. The molecule has 0 aliphatic heterocycles. The van der Waals surface area contributed by atoms with Crippen molar-refractivity contribution >= 4 is 23.2 Å². The zero-order valence-electron chi connectivity index (χ0n) is 17.8. The number of aliphatic hydroxyl groups excluding tert-OH is 2. The molecule has 0 fully saturated rings. The van der Waals surface area contributed by atoms with Crippen molar-refractivity contribution < 1.29 is 33.0 Å². The lowest BCUT2D eigenvalue weighted by Gasteiger charge is -2.32. The van der Waals surface area contributed by atoms with Crippen molar-refractivity contribution in [3.8, 4) is 0 Å². The molecule has 3 unspecified atom stereocenters. The highest BCUT2D eigenvalue weighted by Crippen LogP contribution is 2.31. The second-order valence-electron chi connectivity index (χ2n) is 7.34. The third-order valence-corrected chi connectivity index (χ3v) is 5.94. The van der Waals surface area contributed by atoms with Gasteiger partial charge in [0.15, 0.2) is 12.2 Å². The van der Waals surface area contributed by atoms with Gasteiger partial charge in [-0.1, -0.05) is 25.1 Å². The molecule has 3 N–H and O–H groups in total. The van der Waals surface area contributed by atoms with Gasteiger partial charge in [0, 0.05) is 18.0 Å². The molecule has 0 bridgehead atoms. The number of thiophene rings is 1. The van der Waals surface area contributed by atoms with Gasteiger partial charge in [0.1, 0.15) is 0 Å². The van der Waals surface area contributed by atoms with Gasteiger partial charge in [-0.15, -0.1) is 11.3 Å². The molecule has 2 rings (SSSR count). The molecule has 0 aliphatic carbocycles. The molecule has 10 heteroatoms. The van der Waals surface area contributed by atoms with Crippen molar-refractivity contribution in [3.05, 3.63) is 57.8 Å². The summed E-state index contributed by atoms with van der Waals surface area (Å²) in [7, 11) is 0. The zero-order valence-corrected chi connectivity index (χ0v) is 18.6. The first-order valence-electron chi connectivity index (χ1n) is 10.2. The van der Waals surface area contributed by atoms with Gasteiger partial charge in [0.05, 0.1) is 11.6 Å². The second-order valence-corrected chi connectivity index (χ2v) is 8.37. The predicted octanol–water partition coefficient (Wildman–Crippen LogP) is 3.15. The monoisotopic (exact) mass is 472 g/mol. The van der Waals surface area contributed by atoms with Gasteiger partial charge < -0.3 is 20.4 Å². The summed E-state index contributed by atoms with van der Waals surface area (Å²) >= 11 is 1.52. The zero-order chi connectivity index (χ0) is 23.9. The first-order chi connectivity index (χ1) is 15.1. The Bertz CT molecular complexity index is 872. The molecule has 176 valence electrons. The number of hydrogen-bond acceptors (Lipinski definition) is 5. The number of amides is 2. The van der Waals surface area contributed by atoms with Gasteiger partial charge in [-0.25, -0.2) is 0 Å². The Hall–Kier alpha value is -2.43. The Morgan fingerprint density at radius 1 is 1.12 bits per heavy atom. The molecule has 1 heterocycles. The van der Waals surface area contributed by atoms with Crippen molar-refractivity contribution in [2.45, 2.75) is 51.1 Å². The second kappa shape index (κ2) is 11.4. The molecular weight excluding hydrogens is 445 g/mol. The van der Waals surface area contributed by atoms with Crippen molar-refractivity contribution in [1.29, 1.82) is 0 Å². The number of nitrogens with one attached hydrogen (secondary N) is 1. The standard InChI is InChI=1S/C22H27F3N2O4S/c1-3-12-27(14(2)15-6-8-16(9-7-15)22(23,24)25)21(31)19(29)18(28)20(30)26-11-10-17-5-4-13-32-17/h4-9,13-14,18-19,28-29H,3,10-12H2,1-2H3,(H,26,30). The first-order valence-corrected chi connectivity index (χ1v) is 11.1. The normalized spacial score (nSPS) is 14.5. The fourth-order valence-electron chi connectivity index (χ4n) is 3.18. The van der Waals surface area contributed by atoms with E-state index in [2.05, 4.69) is 5.32 Å². The van der Waals surface area contributed by atoms with Gasteiger partial charge in [-0.05, 0) is 48.9 Å². The fourth-order valence-corrected chi connectivity index (χ4v) is 3.89. The predicted molar refractivity (Wildman–Crippen MR) is 115 cm³/mol. The third-order valence-electron chi connectivity index (χ3n) is 5.01. The van der Waals surface area contributed by atoms with Crippen molar-refractivity contribution in [3.63, 3.8) is 0 Å². The van der Waals surface area contributed by atoms with E-state index in [0.717, 1.165) is 17.0 Å². The number of aliphatic hydroxyl groups is 2. The molecule has 0 radical (unpaired) electrons. The minimum atomic E-state index is -4.47. The third kappa shape index (κ3) is 6.78. The smallest absolute Gasteiger partial charge is 0.380 e. The molecule has 0 spiro atoms. The van der Waals surface area contributed by atoms with E-state index in [-0.39, 0.29) is 13.1 Å². The summed E-state index contributed by atoms with van der Waals surface area (Å²) in [5, 5.41) is 24.9. The molecule has 1 aromatic carbocycles. The summed E-state index contributed by atoms with van der Waals surface area (Å²) in [4.78, 5) is 27.3. The Kier molecular flexibility index (Phi) is 9.23. The quantitative estimate of drug-likeness (QED) is 0.496. The van der Waals surface area contributed by atoms with Crippen LogP contribution in [-0.2, 0) is 22.2 Å². The topological polar surface area (TPSA) is 89.9 Å². The summed E-state index contributed by atoms with van der Waals surface area (Å²) < 4.78 is 38.4. The Morgan fingerprint density at radius 3 is 2.31 bits per heavy atom. The van der Waals surface area contributed by atoms with E-state index in [1.807, 2.05) is 17.5 Å². The highest BCUT2D eigenvalue weighted by Gasteiger charge is 2.35. The molecule has 6 nitrogen and oxygen atoms in total. The van der Waals surface area contributed by atoms with Crippen molar-refractivity contribution in [2.24, 2.45) is 0 Å². The SMILES string of the molecule is CCCN(C(=O)C(O)C(O)C(=O)NCCc1cccs1)C(C)c1ccc(C(F)(F)F)cc1. The molecule has 0 aliphatic rings. The Morgan fingerprint density at radius 2 is 1.78 bits per heavy atom. The van der Waals surface area contributed by atoms with Crippen LogP contribution in [0.15, 0.2) is 41.8 Å². The maximum atomic E-state index is 12.8. The number of hydrogen-bond donors (Lipinski definition) is 3. The molecule has 0 saturated heterocycles. The van der Waals surface area contributed by atoms with Gasteiger partial charge in [0.2, 0.25) is 0 Å². The molecule has 2 amide bonds. The summed E-state index contributed by atoms with van der Waals surface area (Å²) in [5.74, 6) is -1.75. The molecule has 1 aromatic heterocycles. The van der Waals surface area contributed by atoms with Crippen molar-refractivity contribution in [1.82, 2.24) is 10.2 Å². The summed E-state index contributed by atoms with van der Waals surface area (Å²) in [6.45, 7) is 3.82. The number of halogens is 3. The van der Waals surface area contributed by atoms with Crippen LogP contribution in [0.2, 0.25) is 0 Å². The maximum absolute atomic E-state index is 12.8. The van der Waals surface area contributed by atoms with Crippen LogP contribution in [0.3, 0.4) is 0 Å². The lowest BCUT2D eigenvalue weighted by atomic mass is 10.0. The van der Waals surface area contributed by atoms with Gasteiger partial charge in [0.25, 0.3) is 11.8 Å². The van der Waals surface area contributed by atoms with Crippen LogP contribution in [0, 0.1) is 0 Å². The summed E-state index contributed by atoms with van der Waals surface area (Å²) in [6.07, 6.45) is -7.39. The van der Waals surface area contributed by atoms with Crippen LogP contribution < -0.4 is 5.32 Å². The summed E-state index contributed by atoms with van der Waals surface area (Å²) in [5.41, 5.74) is -0.376. The Balaban J connectivity index is 2.03. The van der Waals surface area contributed by atoms with Crippen LogP contribution in [-0.4, -0.2) is 52.2 Å². The molecule has 2 aromatic rings. The first kappa shape index (κ1) is 25.8. The van der Waals surface area contributed by atoms with Crippen LogP contribution in [0.5, 0.6) is 0 Å². The maximum Gasteiger partial charge on any atom is 0.416 e. The molecule has 0 saturated carbocycles. The van der Waals surface area contributed by atoms with E-state index in [9.17, 15) is 33.0 Å². The van der Waals surface area contributed by atoms with Crippen LogP contribution in [0.4, 0.5) is 13.2 Å². The number of carbonyl (C=O) groups excluding carboxylic acids is 2. The van der Waals surface area contributed by atoms with E-state index < -0.39 is 41.8 Å². The summed E-state index contributed by atoms with van der Waals surface area (Å²) in [6, 6.07) is 7.48. The van der Waals surface area contributed by atoms with Crippen LogP contribution >= 0.6 is 11.3 Å². The van der Waals surface area contributed by atoms with Gasteiger partial charge >= 0.3 is 6.18 Å². The minimum absolute atomic E-state index is 0.185. The van der Waals surface area contributed by atoms with E-state index in [1.54, 1.807) is 13.8 Å². The highest BCUT2D eigenvalue weighted by molar-refractivity contribution is 7.09. The van der Waals surface area contributed by atoms with E-state index >= 15 is 0 Å². The molecule has 3 atom stereocenters. The van der Waals surface area contributed by atoms with E-state index in [1.165, 1.54) is 28.4 Å². The number of carbonyl (C=O) groups is 2. The van der Waals surface area contributed by atoms with E-state index in [4.69, 9.17) is 0 Å². The van der Waals surface area contributed by atoms with Crippen molar-refractivity contribution in [2.75, 3.05) is 13.1 Å². The lowest BCUT2D eigenvalue weighted by Crippen LogP contribution is -2.51. The highest BCUT2D eigenvalue weighted by atomic mass is 32.1. The number of nitrogens with zero attached hydrogens (tertiary/aromatic N) is 1. The number of benzene rings is 1. The number of rotatable bonds is 10. The Labute approximate surface area is 188 Å². The van der Waals surface area contributed by atoms with Crippen LogP contribution in [0.25, 0.3) is 0 Å². The number of alkyl halides is 3. The van der Waals surface area contributed by atoms with E-state index in [0.29, 0.717) is 18.4 Å². The minimum Gasteiger partial charge on any atom is -0.380 e. The largest absolute Gasteiger partial charge is 0.416 e. The van der Waals surface area contributed by atoms with Gasteiger partial charge in [-0.2, -0.15) is 13.2 Å². The molecule has 32 heavy (non-hydrogen) atoms. The van der Waals surface area contributed by atoms with Gasteiger partial charge in [-0.3, -0.25) is 9.59 Å². The average Bonchev–Trinajstić information content (AvgIpc) is 3.28.